The summed E-state index contributed by atoms with van der Waals surface area (Å²) in [4.78, 5) is 23.6. The smallest absolute Gasteiger partial charge is 0.336 e. The average molecular weight is 561 g/mol. The molecule has 0 aliphatic carbocycles. The van der Waals surface area contributed by atoms with Gasteiger partial charge >= 0.3 is 11.9 Å². The number of benzene rings is 3. The van der Waals surface area contributed by atoms with Gasteiger partial charge in [-0.1, -0.05) is 44.7 Å². The molecule has 0 spiro atoms. The van der Waals surface area contributed by atoms with Crippen LogP contribution in [-0.2, 0) is 11.2 Å². The Hall–Kier alpha value is -4.46. The van der Waals surface area contributed by atoms with Crippen LogP contribution in [0.5, 0.6) is 17.2 Å². The summed E-state index contributed by atoms with van der Waals surface area (Å²) >= 11 is 0. The molecule has 0 radical (unpaired) electrons. The lowest BCUT2D eigenvalue weighted by molar-refractivity contribution is -0.128. The van der Waals surface area contributed by atoms with Gasteiger partial charge in [0.25, 0.3) is 0 Å². The molecule has 8 heteroatoms. The van der Waals surface area contributed by atoms with Gasteiger partial charge in [-0.05, 0) is 91.4 Å². The largest absolute Gasteiger partial charge is 0.494 e. The van der Waals surface area contributed by atoms with Crippen LogP contribution in [0, 0.1) is 0 Å². The van der Waals surface area contributed by atoms with E-state index in [1.54, 1.807) is 36.4 Å². The van der Waals surface area contributed by atoms with E-state index in [-0.39, 0.29) is 5.56 Å². The first-order valence-electron chi connectivity index (χ1n) is 14.1. The molecule has 0 aliphatic heterocycles. The fourth-order valence-electron chi connectivity index (χ4n) is 4.24. The van der Waals surface area contributed by atoms with E-state index in [1.165, 1.54) is 12.1 Å². The lowest BCUT2D eigenvalue weighted by atomic mass is 9.98. The van der Waals surface area contributed by atoms with Crippen molar-refractivity contribution in [2.45, 2.75) is 58.3 Å². The van der Waals surface area contributed by atoms with Crippen LogP contribution in [0.15, 0.2) is 66.7 Å². The molecule has 0 saturated heterocycles. The summed E-state index contributed by atoms with van der Waals surface area (Å²) in [6.07, 6.45) is 10.6. The minimum absolute atomic E-state index is 0.187. The molecule has 5 N–H and O–H groups in total. The van der Waals surface area contributed by atoms with Gasteiger partial charge in [0.15, 0.2) is 0 Å². The molecule has 0 heterocycles. The van der Waals surface area contributed by atoms with E-state index in [0.29, 0.717) is 42.3 Å². The fourth-order valence-corrected chi connectivity index (χ4v) is 4.24. The Bertz CT molecular complexity index is 1290. The predicted molar refractivity (Wildman–Crippen MR) is 162 cm³/mol. The van der Waals surface area contributed by atoms with E-state index < -0.39 is 11.9 Å². The van der Waals surface area contributed by atoms with Crippen LogP contribution < -0.4 is 25.7 Å². The number of aromatic carboxylic acids is 1. The van der Waals surface area contributed by atoms with Crippen molar-refractivity contribution in [2.75, 3.05) is 24.7 Å². The number of anilines is 2. The maximum Gasteiger partial charge on any atom is 0.336 e. The maximum atomic E-state index is 12.2. The highest BCUT2D eigenvalue weighted by atomic mass is 16.5. The molecule has 0 fully saturated rings. The predicted octanol–water partition coefficient (Wildman–Crippen LogP) is 6.92. The molecule has 41 heavy (non-hydrogen) atoms. The van der Waals surface area contributed by atoms with E-state index in [9.17, 15) is 14.7 Å². The summed E-state index contributed by atoms with van der Waals surface area (Å²) in [6.45, 7) is 3.39. The first-order valence-corrected chi connectivity index (χ1v) is 14.1. The Morgan fingerprint density at radius 3 is 2.02 bits per heavy atom. The van der Waals surface area contributed by atoms with Gasteiger partial charge in [0.05, 0.1) is 18.8 Å². The third-order valence-electron chi connectivity index (χ3n) is 6.48. The molecule has 8 nitrogen and oxygen atoms in total. The Labute approximate surface area is 241 Å². The zero-order chi connectivity index (χ0) is 29.5. The fraction of sp³-hybridized carbons (Fsp3) is 0.333. The molecule has 3 rings (SSSR count). The summed E-state index contributed by atoms with van der Waals surface area (Å²) in [5.41, 5.74) is 14.2. The molecule has 0 atom stereocenters. The number of carbonyl (C=O) groups excluding carboxylic acids is 1. The van der Waals surface area contributed by atoms with Crippen molar-refractivity contribution in [2.24, 2.45) is 0 Å². The Kier molecular flexibility index (Phi) is 12.6. The zero-order valence-corrected chi connectivity index (χ0v) is 23.6. The van der Waals surface area contributed by atoms with Crippen molar-refractivity contribution < 1.29 is 28.9 Å². The molecule has 0 saturated carbocycles. The van der Waals surface area contributed by atoms with Crippen LogP contribution >= 0.6 is 0 Å². The molecular weight excluding hydrogens is 520 g/mol. The quantitative estimate of drug-likeness (QED) is 0.0532. The van der Waals surface area contributed by atoms with Crippen LogP contribution in [0.1, 0.15) is 73.4 Å². The number of hydrogen-bond acceptors (Lipinski definition) is 7. The van der Waals surface area contributed by atoms with E-state index in [2.05, 4.69) is 6.92 Å². The SMILES string of the molecule is CCCCOc1ccc(OC(=O)/C=C/c2ccc(OCCCCCCCc3c(N)cc(N)cc3C(=O)O)cc2)cc1. The van der Waals surface area contributed by atoms with Gasteiger partial charge in [-0.3, -0.25) is 0 Å². The van der Waals surface area contributed by atoms with Crippen LogP contribution in [-0.4, -0.2) is 30.3 Å². The second-order valence-electron chi connectivity index (χ2n) is 9.80. The molecular formula is C33H40N2O6. The molecule has 3 aromatic rings. The van der Waals surface area contributed by atoms with Gasteiger partial charge in [0, 0.05) is 17.5 Å². The molecule has 0 amide bonds. The number of carboxylic acid groups (broad SMARTS) is 1. The van der Waals surface area contributed by atoms with Gasteiger partial charge in [0.2, 0.25) is 0 Å². The van der Waals surface area contributed by atoms with Crippen LogP contribution in [0.2, 0.25) is 0 Å². The second-order valence-corrected chi connectivity index (χ2v) is 9.80. The van der Waals surface area contributed by atoms with E-state index in [0.717, 1.165) is 62.0 Å². The lowest BCUT2D eigenvalue weighted by Gasteiger charge is -2.11. The molecule has 3 aromatic carbocycles. The number of hydrogen-bond donors (Lipinski definition) is 3. The number of rotatable bonds is 17. The Morgan fingerprint density at radius 1 is 0.780 bits per heavy atom. The number of nitrogens with two attached hydrogens (primary N) is 2. The minimum atomic E-state index is -1.01. The van der Waals surface area contributed by atoms with E-state index >= 15 is 0 Å². The summed E-state index contributed by atoms with van der Waals surface area (Å²) in [5, 5.41) is 9.40. The third kappa shape index (κ3) is 10.9. The highest BCUT2D eigenvalue weighted by molar-refractivity contribution is 5.92. The average Bonchev–Trinajstić information content (AvgIpc) is 2.95. The van der Waals surface area contributed by atoms with E-state index in [1.807, 2.05) is 24.3 Å². The van der Waals surface area contributed by atoms with Crippen molar-refractivity contribution >= 4 is 29.4 Å². The van der Waals surface area contributed by atoms with Crippen LogP contribution in [0.3, 0.4) is 0 Å². The number of unbranched alkanes of at least 4 members (excludes halogenated alkanes) is 5. The highest BCUT2D eigenvalue weighted by Gasteiger charge is 2.14. The molecule has 218 valence electrons. The highest BCUT2D eigenvalue weighted by Crippen LogP contribution is 2.24. The summed E-state index contributed by atoms with van der Waals surface area (Å²) < 4.78 is 16.8. The molecule has 0 aliphatic rings. The Morgan fingerprint density at radius 2 is 1.37 bits per heavy atom. The molecule has 0 aromatic heterocycles. The molecule has 0 bridgehead atoms. The van der Waals surface area contributed by atoms with Gasteiger partial charge in [-0.15, -0.1) is 0 Å². The van der Waals surface area contributed by atoms with Crippen molar-refractivity contribution in [3.05, 3.63) is 83.4 Å². The summed E-state index contributed by atoms with van der Waals surface area (Å²) in [7, 11) is 0. The van der Waals surface area contributed by atoms with Gasteiger partial charge < -0.3 is 30.8 Å². The second kappa shape index (κ2) is 16.6. The van der Waals surface area contributed by atoms with Gasteiger partial charge in [0.1, 0.15) is 17.2 Å². The monoisotopic (exact) mass is 560 g/mol. The maximum absolute atomic E-state index is 12.2. The number of ether oxygens (including phenoxy) is 3. The van der Waals surface area contributed by atoms with Gasteiger partial charge in [-0.2, -0.15) is 0 Å². The Balaban J connectivity index is 1.30. The number of carbonyl (C=O) groups is 2. The van der Waals surface area contributed by atoms with Crippen molar-refractivity contribution in [3.8, 4) is 17.2 Å². The first-order chi connectivity index (χ1) is 19.9. The van der Waals surface area contributed by atoms with Crippen molar-refractivity contribution in [1.82, 2.24) is 0 Å². The summed E-state index contributed by atoms with van der Waals surface area (Å²) in [6, 6.07) is 17.6. The van der Waals surface area contributed by atoms with Crippen molar-refractivity contribution in [3.63, 3.8) is 0 Å². The normalized spacial score (nSPS) is 11.0. The standard InChI is InChI=1S/C33H40N2O6/c1-2-3-20-39-27-15-17-28(18-16-27)41-32(36)19-12-24-10-13-26(14-11-24)40-21-8-6-4-5-7-9-29-30(33(37)38)22-25(34)23-31(29)35/h10-19,22-23H,2-9,20-21,34-35H2,1H3,(H,37,38)/b19-12+. The zero-order valence-electron chi connectivity index (χ0n) is 23.6. The topological polar surface area (TPSA) is 134 Å². The number of esters is 1. The van der Waals surface area contributed by atoms with Crippen LogP contribution in [0.25, 0.3) is 6.08 Å². The van der Waals surface area contributed by atoms with Gasteiger partial charge in [-0.25, -0.2) is 9.59 Å². The number of nitrogen functional groups attached to an aromatic ring is 2. The summed E-state index contributed by atoms with van der Waals surface area (Å²) in [5.74, 6) is 0.527. The lowest BCUT2D eigenvalue weighted by Crippen LogP contribution is -2.07. The first kappa shape index (κ1) is 31.1. The molecule has 0 unspecified atom stereocenters. The minimum Gasteiger partial charge on any atom is -0.494 e. The van der Waals surface area contributed by atoms with E-state index in [4.69, 9.17) is 25.7 Å². The third-order valence-corrected chi connectivity index (χ3v) is 6.48. The number of carboxylic acids is 1. The van der Waals surface area contributed by atoms with Crippen LogP contribution in [0.4, 0.5) is 11.4 Å². The van der Waals surface area contributed by atoms with Crippen molar-refractivity contribution in [1.29, 1.82) is 0 Å².